The van der Waals surface area contributed by atoms with E-state index in [9.17, 15) is 15.5 Å². The van der Waals surface area contributed by atoms with Gasteiger partial charge in [0.05, 0.1) is 11.5 Å². The van der Waals surface area contributed by atoms with Gasteiger partial charge in [-0.3, -0.25) is 10.2 Å². The van der Waals surface area contributed by atoms with Gasteiger partial charge in [-0.15, -0.1) is 0 Å². The Hall–Kier alpha value is -4.09. The Kier molecular flexibility index (Phi) is 8.90. The van der Waals surface area contributed by atoms with E-state index < -0.39 is 5.41 Å². The lowest BCUT2D eigenvalue weighted by molar-refractivity contribution is 0.0963. The molecule has 3 aliphatic rings. The van der Waals surface area contributed by atoms with Crippen LogP contribution >= 0.6 is 0 Å². The summed E-state index contributed by atoms with van der Waals surface area (Å²) in [5.41, 5.74) is 7.09. The SMILES string of the molecule is C=C(NC)c1ccc2c(c1)CCc1cc(C(=O)NC)ccc1C2(C[C@@H](C)NCC(=C)N1C(C#N)C[C@@H]2CC21)C(=N)NC(C)C. The van der Waals surface area contributed by atoms with E-state index in [-0.39, 0.29) is 24.0 Å². The van der Waals surface area contributed by atoms with Crippen molar-refractivity contribution in [1.82, 2.24) is 26.2 Å². The standard InChI is InChI=1S/C36H47N7O/c1-21(2)42-35(38)36(18-22(3)41-20-23(4)43-30(19-37)16-29-17-33(29)43)31-12-10-25(24(5)39-6)14-26(31)8-9-27-15-28(34(44)40-7)11-13-32(27)36/h10-15,21-22,29-30,33,39,41H,4-5,8-9,16-18,20H2,1-3,6-7H3,(H2,38,42)(H,40,44)/t22-,29-,30?,33?,36?/m1/s1. The second kappa shape index (κ2) is 12.5. The first-order chi connectivity index (χ1) is 21.0. The maximum absolute atomic E-state index is 12.7. The maximum Gasteiger partial charge on any atom is 0.251 e. The monoisotopic (exact) mass is 593 g/mol. The van der Waals surface area contributed by atoms with Crippen LogP contribution in [0.25, 0.3) is 5.70 Å². The van der Waals surface area contributed by atoms with Crippen LogP contribution in [0.4, 0.5) is 0 Å². The molecule has 1 aliphatic heterocycles. The van der Waals surface area contributed by atoms with Crippen LogP contribution in [0.2, 0.25) is 0 Å². The number of piperidine rings is 1. The lowest BCUT2D eigenvalue weighted by Gasteiger charge is -2.40. The zero-order valence-electron chi connectivity index (χ0n) is 26.8. The van der Waals surface area contributed by atoms with E-state index in [0.29, 0.717) is 36.3 Å². The fourth-order valence-electron chi connectivity index (χ4n) is 7.41. The molecule has 2 fully saturated rings. The van der Waals surface area contributed by atoms with Gasteiger partial charge in [-0.1, -0.05) is 31.4 Å². The molecule has 0 radical (unpaired) electrons. The summed E-state index contributed by atoms with van der Waals surface area (Å²) in [6.45, 7) is 15.5. The number of nitriles is 1. The van der Waals surface area contributed by atoms with E-state index in [2.05, 4.69) is 90.4 Å². The Labute approximate surface area is 262 Å². The van der Waals surface area contributed by atoms with Crippen molar-refractivity contribution in [2.75, 3.05) is 20.6 Å². The van der Waals surface area contributed by atoms with E-state index in [0.717, 1.165) is 59.3 Å². The van der Waals surface area contributed by atoms with Crippen molar-refractivity contribution in [3.8, 4) is 6.07 Å². The molecule has 3 unspecified atom stereocenters. The molecule has 5 rings (SSSR count). The van der Waals surface area contributed by atoms with Crippen molar-refractivity contribution in [3.63, 3.8) is 0 Å². The third kappa shape index (κ3) is 5.73. The summed E-state index contributed by atoms with van der Waals surface area (Å²) in [7, 11) is 3.53. The predicted octanol–water partition coefficient (Wildman–Crippen LogP) is 4.46. The molecule has 8 nitrogen and oxygen atoms in total. The van der Waals surface area contributed by atoms with Crippen molar-refractivity contribution < 1.29 is 4.79 Å². The largest absolute Gasteiger partial charge is 0.388 e. The summed E-state index contributed by atoms with van der Waals surface area (Å²) in [6.07, 6.45) is 4.25. The van der Waals surface area contributed by atoms with E-state index in [1.807, 2.05) is 19.2 Å². The van der Waals surface area contributed by atoms with Gasteiger partial charge in [-0.25, -0.2) is 0 Å². The number of nitrogens with zero attached hydrogens (tertiary/aromatic N) is 2. The molecule has 5 N–H and O–H groups in total. The molecule has 2 aromatic carbocycles. The van der Waals surface area contributed by atoms with Gasteiger partial charge in [0.2, 0.25) is 0 Å². The normalized spacial score (nSPS) is 23.8. The molecular weight excluding hydrogens is 546 g/mol. The highest BCUT2D eigenvalue weighted by atomic mass is 16.1. The van der Waals surface area contributed by atoms with Crippen LogP contribution in [0.5, 0.6) is 0 Å². The Morgan fingerprint density at radius 3 is 2.27 bits per heavy atom. The number of amides is 1. The summed E-state index contributed by atoms with van der Waals surface area (Å²) in [5, 5.41) is 32.5. The minimum Gasteiger partial charge on any atom is -0.388 e. The number of hydrogen-bond acceptors (Lipinski definition) is 6. The van der Waals surface area contributed by atoms with Gasteiger partial charge in [0, 0.05) is 55.7 Å². The number of hydrogen-bond donors (Lipinski definition) is 5. The zero-order chi connectivity index (χ0) is 31.8. The van der Waals surface area contributed by atoms with Crippen molar-refractivity contribution in [1.29, 1.82) is 10.7 Å². The second-order valence-electron chi connectivity index (χ2n) is 13.0. The van der Waals surface area contributed by atoms with Crippen molar-refractivity contribution >= 4 is 17.4 Å². The fourth-order valence-corrected chi connectivity index (χ4v) is 7.41. The number of aryl methyl sites for hydroxylation is 2. The quantitative estimate of drug-likeness (QED) is 0.194. The van der Waals surface area contributed by atoms with Crippen LogP contribution < -0.4 is 21.3 Å². The average molecular weight is 594 g/mol. The fraction of sp³-hybridized carbons (Fsp3) is 0.472. The van der Waals surface area contributed by atoms with Gasteiger partial charge in [0.1, 0.15) is 11.9 Å². The molecule has 1 amide bonds. The summed E-state index contributed by atoms with van der Waals surface area (Å²) >= 11 is 0. The highest BCUT2D eigenvalue weighted by Gasteiger charge is 2.52. The smallest absolute Gasteiger partial charge is 0.251 e. The highest BCUT2D eigenvalue weighted by Crippen LogP contribution is 2.49. The number of benzene rings is 2. The van der Waals surface area contributed by atoms with Crippen molar-refractivity contribution in [3.05, 3.63) is 88.6 Å². The molecule has 0 aromatic heterocycles. The maximum atomic E-state index is 12.7. The topological polar surface area (TPSA) is 116 Å². The number of rotatable bonds is 11. The molecule has 44 heavy (non-hydrogen) atoms. The third-order valence-electron chi connectivity index (χ3n) is 9.68. The van der Waals surface area contributed by atoms with Crippen molar-refractivity contribution in [2.45, 2.75) is 82.5 Å². The molecule has 2 aromatic rings. The molecule has 8 heteroatoms. The summed E-state index contributed by atoms with van der Waals surface area (Å²) in [4.78, 5) is 14.9. The number of carbonyl (C=O) groups excluding carboxylic acids is 1. The first kappa shape index (κ1) is 31.3. The van der Waals surface area contributed by atoms with E-state index >= 15 is 0 Å². The van der Waals surface area contributed by atoms with Crippen LogP contribution in [0.3, 0.4) is 0 Å². The Morgan fingerprint density at radius 1 is 1.05 bits per heavy atom. The number of fused-ring (bicyclic) bond motifs is 3. The molecule has 0 spiro atoms. The van der Waals surface area contributed by atoms with Crippen LogP contribution in [-0.2, 0) is 18.3 Å². The number of carbonyl (C=O) groups is 1. The van der Waals surface area contributed by atoms with E-state index in [4.69, 9.17) is 0 Å². The van der Waals surface area contributed by atoms with Gasteiger partial charge in [0.15, 0.2) is 0 Å². The number of likely N-dealkylation sites (tertiary alicyclic amines) is 1. The minimum absolute atomic E-state index is 0.00330. The molecule has 0 bridgehead atoms. The average Bonchev–Trinajstić information content (AvgIpc) is 3.71. The summed E-state index contributed by atoms with van der Waals surface area (Å²) < 4.78 is 0. The van der Waals surface area contributed by atoms with Gasteiger partial charge in [0.25, 0.3) is 5.91 Å². The Morgan fingerprint density at radius 2 is 1.68 bits per heavy atom. The first-order valence-corrected chi connectivity index (χ1v) is 15.8. The van der Waals surface area contributed by atoms with Gasteiger partial charge in [-0.05, 0) is 105 Å². The molecule has 1 saturated carbocycles. The second-order valence-corrected chi connectivity index (χ2v) is 13.0. The number of nitrogens with one attached hydrogen (secondary N) is 5. The van der Waals surface area contributed by atoms with E-state index in [1.165, 1.54) is 5.56 Å². The van der Waals surface area contributed by atoms with Gasteiger partial charge in [-0.2, -0.15) is 5.26 Å². The molecule has 1 heterocycles. The summed E-state index contributed by atoms with van der Waals surface area (Å²) in [5.74, 6) is 0.955. The van der Waals surface area contributed by atoms with Crippen LogP contribution in [0, 0.1) is 22.7 Å². The Bertz CT molecular complexity index is 1450. The minimum atomic E-state index is -0.787. The molecule has 232 valence electrons. The molecule has 1 saturated heterocycles. The van der Waals surface area contributed by atoms with Crippen LogP contribution in [0.15, 0.2) is 55.3 Å². The molecule has 5 atom stereocenters. The molecular formula is C36H47N7O. The third-order valence-corrected chi connectivity index (χ3v) is 9.68. The zero-order valence-corrected chi connectivity index (χ0v) is 26.8. The first-order valence-electron chi connectivity index (χ1n) is 15.8. The van der Waals surface area contributed by atoms with Gasteiger partial charge >= 0.3 is 0 Å². The lowest BCUT2D eigenvalue weighted by Crippen LogP contribution is -2.51. The van der Waals surface area contributed by atoms with Gasteiger partial charge < -0.3 is 26.2 Å². The lowest BCUT2D eigenvalue weighted by atomic mass is 9.67. The van der Waals surface area contributed by atoms with Crippen LogP contribution in [0.1, 0.15) is 78.2 Å². The molecule has 2 aliphatic carbocycles. The Balaban J connectivity index is 1.57. The highest BCUT2D eigenvalue weighted by molar-refractivity contribution is 5.97. The predicted molar refractivity (Wildman–Crippen MR) is 178 cm³/mol. The van der Waals surface area contributed by atoms with Crippen LogP contribution in [-0.4, -0.2) is 61.5 Å². The van der Waals surface area contributed by atoms with Crippen molar-refractivity contribution in [2.24, 2.45) is 5.92 Å². The van der Waals surface area contributed by atoms with E-state index in [1.54, 1.807) is 7.05 Å². The summed E-state index contributed by atoms with van der Waals surface area (Å²) in [6, 6.07) is 15.3. The number of amidine groups is 1.